The van der Waals surface area contributed by atoms with Gasteiger partial charge in [0.15, 0.2) is 11.4 Å². The lowest BCUT2D eigenvalue weighted by Gasteiger charge is -2.46. The Kier molecular flexibility index (Phi) is 5.08. The summed E-state index contributed by atoms with van der Waals surface area (Å²) in [5.74, 6) is -6.30. The normalized spacial score (nSPS) is 25.8. The van der Waals surface area contributed by atoms with Gasteiger partial charge in [0.05, 0.1) is 5.56 Å². The van der Waals surface area contributed by atoms with Crippen molar-refractivity contribution in [1.82, 2.24) is 0 Å². The number of amides is 1. The fourth-order valence-corrected chi connectivity index (χ4v) is 6.43. The molecule has 0 spiro atoms. The number of hydrogen-bond acceptors (Lipinski definition) is 9. The second kappa shape index (κ2) is 7.69. The first-order chi connectivity index (χ1) is 16.5. The molecule has 0 aliphatic heterocycles. The number of phenolic OH excluding ortho intramolecular Hbond substituents is 1. The average molecular weight is 497 g/mol. The number of aliphatic hydroxyl groups is 3. The van der Waals surface area contributed by atoms with Crippen molar-refractivity contribution < 1.29 is 34.8 Å². The van der Waals surface area contributed by atoms with Gasteiger partial charge in [-0.15, -0.1) is 11.3 Å². The monoisotopic (exact) mass is 496 g/mol. The van der Waals surface area contributed by atoms with Gasteiger partial charge in [-0.1, -0.05) is 6.07 Å². The lowest BCUT2D eigenvalue weighted by molar-refractivity contribution is -0.144. The zero-order valence-electron chi connectivity index (χ0n) is 19.0. The molecule has 2 aromatic rings. The number of Topliss-reactive ketones (excluding diaryl/α,β-unsaturated/α-hetero) is 2. The first kappa shape index (κ1) is 23.1. The Labute approximate surface area is 204 Å². The maximum Gasteiger partial charge on any atom is 0.255 e. The van der Waals surface area contributed by atoms with Crippen molar-refractivity contribution in [2.45, 2.75) is 24.9 Å². The largest absolute Gasteiger partial charge is 0.511 e. The molecule has 35 heavy (non-hydrogen) atoms. The van der Waals surface area contributed by atoms with E-state index in [1.165, 1.54) is 11.3 Å². The molecule has 0 fully saturated rings. The molecule has 0 bridgehead atoms. The Hall–Kier alpha value is -3.63. The molecule has 0 radical (unpaired) electrons. The molecular formula is C25H24N2O7S. The molecule has 9 nitrogen and oxygen atoms in total. The molecule has 1 heterocycles. The summed E-state index contributed by atoms with van der Waals surface area (Å²) < 4.78 is 0. The van der Waals surface area contributed by atoms with Crippen molar-refractivity contribution in [1.29, 1.82) is 0 Å². The summed E-state index contributed by atoms with van der Waals surface area (Å²) in [5.41, 5.74) is 3.51. The molecule has 5 rings (SSSR count). The lowest BCUT2D eigenvalue weighted by Crippen LogP contribution is -2.57. The highest BCUT2D eigenvalue weighted by atomic mass is 32.1. The molecule has 10 heteroatoms. The van der Waals surface area contributed by atoms with Gasteiger partial charge in [-0.2, -0.15) is 0 Å². The van der Waals surface area contributed by atoms with E-state index in [-0.39, 0.29) is 36.1 Å². The van der Waals surface area contributed by atoms with Crippen LogP contribution in [0.2, 0.25) is 0 Å². The smallest absolute Gasteiger partial charge is 0.255 e. The zero-order chi connectivity index (χ0) is 25.4. The summed E-state index contributed by atoms with van der Waals surface area (Å²) in [7, 11) is 3.65. The predicted molar refractivity (Wildman–Crippen MR) is 128 cm³/mol. The molecule has 0 saturated carbocycles. The van der Waals surface area contributed by atoms with Crippen LogP contribution in [-0.2, 0) is 16.0 Å². The molecule has 6 N–H and O–H groups in total. The van der Waals surface area contributed by atoms with Gasteiger partial charge < -0.3 is 31.1 Å². The number of anilines is 1. The van der Waals surface area contributed by atoms with Crippen LogP contribution in [0.1, 0.15) is 28.8 Å². The first-order valence-electron chi connectivity index (χ1n) is 11.1. The minimum atomic E-state index is -2.57. The molecule has 1 aromatic heterocycles. The van der Waals surface area contributed by atoms with E-state index in [1.54, 1.807) is 0 Å². The van der Waals surface area contributed by atoms with Crippen LogP contribution in [0.5, 0.6) is 5.75 Å². The SMILES string of the molecule is CN(C)c1cc(-c2cccs2)c(O)c2c1C[C@H]1C[C@H]3CC(O)=C(C(N)=O)C(=O)[C@@]3(O)C(O)=C1C2=O. The Morgan fingerprint density at radius 2 is 1.91 bits per heavy atom. The number of hydrogen-bond donors (Lipinski definition) is 5. The standard InChI is InChI=1S/C25H24N2O7S/c1-27(2)14-9-13(16-4-3-5-35-16)20(29)18-12(14)7-10-6-11-8-15(28)19(24(26)33)23(32)25(11,34)22(31)17(10)21(18)30/h3-5,9-11,28-29,31,34H,6-8H2,1-2H3,(H2,26,33)/t10-,11+,25+/m1/s1. The minimum Gasteiger partial charge on any atom is -0.511 e. The van der Waals surface area contributed by atoms with Crippen molar-refractivity contribution >= 4 is 34.5 Å². The van der Waals surface area contributed by atoms with Gasteiger partial charge in [0, 0.05) is 48.1 Å². The topological polar surface area (TPSA) is 161 Å². The van der Waals surface area contributed by atoms with Gasteiger partial charge in [0.1, 0.15) is 22.8 Å². The number of rotatable bonds is 3. The van der Waals surface area contributed by atoms with Crippen LogP contribution in [0.3, 0.4) is 0 Å². The molecule has 182 valence electrons. The van der Waals surface area contributed by atoms with Crippen LogP contribution in [-0.4, -0.2) is 57.6 Å². The van der Waals surface area contributed by atoms with E-state index < -0.39 is 52.0 Å². The highest BCUT2D eigenvalue weighted by Gasteiger charge is 2.59. The number of carbonyl (C=O) groups is 3. The number of aliphatic hydroxyl groups excluding tert-OH is 2. The quantitative estimate of drug-likeness (QED) is 0.405. The van der Waals surface area contributed by atoms with Gasteiger partial charge in [-0.25, -0.2) is 0 Å². The second-order valence-electron chi connectivity index (χ2n) is 9.43. The van der Waals surface area contributed by atoms with E-state index in [2.05, 4.69) is 0 Å². The summed E-state index contributed by atoms with van der Waals surface area (Å²) in [6.45, 7) is 0. The number of ketones is 2. The van der Waals surface area contributed by atoms with Gasteiger partial charge >= 0.3 is 0 Å². The molecule has 3 aliphatic carbocycles. The maximum absolute atomic E-state index is 13.8. The Bertz CT molecular complexity index is 1370. The molecule has 0 saturated heterocycles. The molecule has 3 aliphatic rings. The summed E-state index contributed by atoms with van der Waals surface area (Å²) in [6.07, 6.45) is 0.113. The maximum atomic E-state index is 13.8. The number of phenols is 1. The van der Waals surface area contributed by atoms with Crippen LogP contribution < -0.4 is 10.6 Å². The third kappa shape index (κ3) is 3.06. The van der Waals surface area contributed by atoms with Crippen molar-refractivity contribution in [3.05, 3.63) is 57.4 Å². The van der Waals surface area contributed by atoms with E-state index in [1.807, 2.05) is 42.6 Å². The number of benzene rings is 1. The molecular weight excluding hydrogens is 472 g/mol. The number of nitrogens with zero attached hydrogens (tertiary/aromatic N) is 1. The molecule has 1 aromatic carbocycles. The summed E-state index contributed by atoms with van der Waals surface area (Å²) >= 11 is 1.40. The number of fused-ring (bicyclic) bond motifs is 3. The highest BCUT2D eigenvalue weighted by Crippen LogP contribution is 2.53. The Balaban J connectivity index is 1.73. The van der Waals surface area contributed by atoms with Gasteiger partial charge in [-0.05, 0) is 41.8 Å². The van der Waals surface area contributed by atoms with Crippen LogP contribution in [0, 0.1) is 11.8 Å². The van der Waals surface area contributed by atoms with Crippen LogP contribution >= 0.6 is 11.3 Å². The predicted octanol–water partition coefficient (Wildman–Crippen LogP) is 2.38. The number of allylic oxidation sites excluding steroid dienone is 2. The van der Waals surface area contributed by atoms with Crippen LogP contribution in [0.4, 0.5) is 5.69 Å². The fourth-order valence-electron chi connectivity index (χ4n) is 5.69. The number of primary amides is 1. The van der Waals surface area contributed by atoms with E-state index in [4.69, 9.17) is 5.73 Å². The number of thiophene rings is 1. The van der Waals surface area contributed by atoms with E-state index >= 15 is 0 Å². The first-order valence-corrected chi connectivity index (χ1v) is 11.9. The van der Waals surface area contributed by atoms with Gasteiger partial charge in [-0.3, -0.25) is 14.4 Å². The van der Waals surface area contributed by atoms with E-state index in [0.29, 0.717) is 11.1 Å². The second-order valence-corrected chi connectivity index (χ2v) is 10.4. The fraction of sp³-hybridized carbons (Fsp3) is 0.320. The highest BCUT2D eigenvalue weighted by molar-refractivity contribution is 7.13. The summed E-state index contributed by atoms with van der Waals surface area (Å²) in [4.78, 5) is 41.2. The average Bonchev–Trinajstić information content (AvgIpc) is 3.30. The van der Waals surface area contributed by atoms with Crippen LogP contribution in [0.15, 0.2) is 46.2 Å². The van der Waals surface area contributed by atoms with Crippen molar-refractivity contribution in [2.75, 3.05) is 19.0 Å². The van der Waals surface area contributed by atoms with Crippen molar-refractivity contribution in [2.24, 2.45) is 17.6 Å². The third-order valence-electron chi connectivity index (χ3n) is 7.31. The molecule has 1 amide bonds. The number of carbonyl (C=O) groups excluding carboxylic acids is 3. The van der Waals surface area contributed by atoms with Crippen LogP contribution in [0.25, 0.3) is 10.4 Å². The third-order valence-corrected chi connectivity index (χ3v) is 8.21. The van der Waals surface area contributed by atoms with E-state index in [0.717, 1.165) is 10.6 Å². The van der Waals surface area contributed by atoms with Crippen molar-refractivity contribution in [3.63, 3.8) is 0 Å². The zero-order valence-corrected chi connectivity index (χ0v) is 19.8. The van der Waals surface area contributed by atoms with Crippen molar-refractivity contribution in [3.8, 4) is 16.2 Å². The molecule has 3 atom stereocenters. The van der Waals surface area contributed by atoms with Gasteiger partial charge in [0.25, 0.3) is 5.91 Å². The summed E-state index contributed by atoms with van der Waals surface area (Å²) in [5, 5.41) is 45.8. The molecule has 0 unspecified atom stereocenters. The minimum absolute atomic E-state index is 0.0104. The number of nitrogens with two attached hydrogens (primary N) is 1. The van der Waals surface area contributed by atoms with Gasteiger partial charge in [0.2, 0.25) is 5.78 Å². The Morgan fingerprint density at radius 1 is 1.20 bits per heavy atom. The lowest BCUT2D eigenvalue weighted by atomic mass is 9.60. The van der Waals surface area contributed by atoms with E-state index in [9.17, 15) is 34.8 Å². The summed E-state index contributed by atoms with van der Waals surface area (Å²) in [6, 6.07) is 5.46. The Morgan fingerprint density at radius 3 is 2.51 bits per heavy atom. The number of aromatic hydroxyl groups is 1.